The number of esters is 2. The van der Waals surface area contributed by atoms with Crippen molar-refractivity contribution in [2.45, 2.75) is 38.6 Å². The van der Waals surface area contributed by atoms with E-state index in [1.165, 1.54) is 0 Å². The second kappa shape index (κ2) is 8.08. The molecule has 0 unspecified atom stereocenters. The van der Waals surface area contributed by atoms with E-state index in [9.17, 15) is 24.3 Å². The topological polar surface area (TPSA) is 116 Å². The first-order chi connectivity index (χ1) is 9.24. The minimum Gasteiger partial charge on any atom is -0.456 e. The molecular weight excluding hydrogens is 340 g/mol. The van der Waals surface area contributed by atoms with Crippen molar-refractivity contribution in [3.8, 4) is 0 Å². The van der Waals surface area contributed by atoms with E-state index >= 15 is 0 Å². The summed E-state index contributed by atoms with van der Waals surface area (Å²) in [6, 6.07) is 0. The van der Waals surface area contributed by atoms with Crippen LogP contribution in [0.5, 0.6) is 0 Å². The van der Waals surface area contributed by atoms with Gasteiger partial charge in [0.15, 0.2) is 24.3 Å². The molecule has 8 nitrogen and oxygen atoms in total. The molecule has 0 radical (unpaired) electrons. The number of aliphatic hydroxyl groups excluding tert-OH is 1. The third kappa shape index (κ3) is 4.36. The summed E-state index contributed by atoms with van der Waals surface area (Å²) >= 11 is 2.52. The van der Waals surface area contributed by atoms with Crippen LogP contribution in [-0.2, 0) is 32.5 Å². The Morgan fingerprint density at radius 1 is 1.20 bits per heavy atom. The molecule has 0 aromatic carbocycles. The molecule has 1 N–H and O–H groups in total. The number of halogens is 1. The van der Waals surface area contributed by atoms with Crippen molar-refractivity contribution in [1.82, 2.24) is 0 Å². The minimum absolute atomic E-state index is 0.101. The Morgan fingerprint density at radius 2 is 1.70 bits per heavy atom. The van der Waals surface area contributed by atoms with E-state index in [0.717, 1.165) is 20.8 Å². The molecule has 0 saturated carbocycles. The van der Waals surface area contributed by atoms with Crippen LogP contribution in [0.2, 0.25) is 0 Å². The lowest BCUT2D eigenvalue weighted by Crippen LogP contribution is -2.59. The normalized spacial score (nSPS) is 16.4. The molecule has 0 aliphatic carbocycles. The van der Waals surface area contributed by atoms with Crippen molar-refractivity contribution in [2.75, 3.05) is 6.61 Å². The summed E-state index contributed by atoms with van der Waals surface area (Å²) < 4.78 is 14.3. The number of Topliss-reactive ketones (excluding diaryl/α,β-unsaturated/α-hetero) is 1. The van der Waals surface area contributed by atoms with Crippen molar-refractivity contribution < 1.29 is 37.6 Å². The summed E-state index contributed by atoms with van der Waals surface area (Å²) in [6.45, 7) is 2.32. The first-order valence-electron chi connectivity index (χ1n) is 5.47. The largest absolute Gasteiger partial charge is 0.456 e. The predicted octanol–water partition coefficient (Wildman–Crippen LogP) is -0.305. The number of carbonyl (C=O) groups is 4. The fourth-order valence-electron chi connectivity index (χ4n) is 1.49. The maximum absolute atomic E-state index is 11.7. The molecule has 0 bridgehead atoms. The number of rotatable bonds is 8. The first kappa shape index (κ1) is 18.7. The summed E-state index contributed by atoms with van der Waals surface area (Å²) in [5, 5.41) is 9.23. The zero-order valence-corrected chi connectivity index (χ0v) is 12.7. The molecule has 0 spiro atoms. The zero-order valence-electron chi connectivity index (χ0n) is 11.1. The number of aliphatic hydroxyl groups is 1. The molecule has 0 saturated heterocycles. The zero-order chi connectivity index (χ0) is 15.9. The molecule has 0 fully saturated rings. The third-order valence-electron chi connectivity index (χ3n) is 2.40. The van der Waals surface area contributed by atoms with Crippen molar-refractivity contribution in [3.05, 3.63) is 0 Å². The highest BCUT2D eigenvalue weighted by atomic mass is 79.9. The van der Waals surface area contributed by atoms with Gasteiger partial charge in [-0.25, -0.2) is 0 Å². The van der Waals surface area contributed by atoms with E-state index in [0.29, 0.717) is 0 Å². The van der Waals surface area contributed by atoms with Gasteiger partial charge in [-0.15, -0.1) is 0 Å². The number of ketones is 1. The van der Waals surface area contributed by atoms with E-state index < -0.39 is 42.1 Å². The van der Waals surface area contributed by atoms with Crippen LogP contribution in [0.15, 0.2) is 0 Å². The predicted molar refractivity (Wildman–Crippen MR) is 67.7 cm³/mol. The fraction of sp³-hybridized carbons (Fsp3) is 0.636. The molecule has 0 amide bonds. The molecule has 0 aromatic heterocycles. The maximum Gasteiger partial charge on any atom is 0.303 e. The lowest BCUT2D eigenvalue weighted by atomic mass is 9.90. The summed E-state index contributed by atoms with van der Waals surface area (Å²) in [6.07, 6.45) is -2.98. The molecule has 0 aliphatic heterocycles. The molecular formula is C11H15BrO8. The van der Waals surface area contributed by atoms with Gasteiger partial charge in [0, 0.05) is 13.8 Å². The average molecular weight is 355 g/mol. The molecule has 114 valence electrons. The SMILES string of the molecule is CC(=O)O[C@H]([C@@H](CO)OC(C)=O)[C@@](C=O)(OBr)C(C)=O. The molecule has 9 heteroatoms. The van der Waals surface area contributed by atoms with Crippen LogP contribution in [-0.4, -0.2) is 53.5 Å². The van der Waals surface area contributed by atoms with Gasteiger partial charge >= 0.3 is 11.9 Å². The Morgan fingerprint density at radius 3 is 1.95 bits per heavy atom. The minimum atomic E-state index is -2.24. The van der Waals surface area contributed by atoms with Crippen molar-refractivity contribution in [1.29, 1.82) is 0 Å². The molecule has 0 rings (SSSR count). The number of hydrogen-bond acceptors (Lipinski definition) is 8. The lowest BCUT2D eigenvalue weighted by Gasteiger charge is -2.34. The van der Waals surface area contributed by atoms with E-state index in [2.05, 4.69) is 16.3 Å². The highest BCUT2D eigenvalue weighted by Gasteiger charge is 2.52. The van der Waals surface area contributed by atoms with E-state index in [1.807, 2.05) is 0 Å². The highest BCUT2D eigenvalue weighted by molar-refractivity contribution is 9.06. The molecule has 20 heavy (non-hydrogen) atoms. The van der Waals surface area contributed by atoms with Gasteiger partial charge < -0.3 is 14.6 Å². The molecule has 0 heterocycles. The van der Waals surface area contributed by atoms with Crippen LogP contribution in [0.25, 0.3) is 0 Å². The Bertz CT molecular complexity index is 396. The second-order valence-electron chi connectivity index (χ2n) is 3.90. The Kier molecular flexibility index (Phi) is 7.54. The van der Waals surface area contributed by atoms with Gasteiger partial charge in [-0.2, -0.15) is 0 Å². The van der Waals surface area contributed by atoms with Crippen molar-refractivity contribution in [2.24, 2.45) is 0 Å². The van der Waals surface area contributed by atoms with E-state index in [-0.39, 0.29) is 6.29 Å². The van der Waals surface area contributed by atoms with Gasteiger partial charge in [0.05, 0.1) is 6.61 Å². The van der Waals surface area contributed by atoms with Gasteiger partial charge in [0.2, 0.25) is 5.60 Å². The van der Waals surface area contributed by atoms with Crippen molar-refractivity contribution >= 4 is 40.3 Å². The summed E-state index contributed by atoms with van der Waals surface area (Å²) in [4.78, 5) is 45.0. The lowest BCUT2D eigenvalue weighted by molar-refractivity contribution is -0.187. The number of carbonyl (C=O) groups excluding carboxylic acids is 4. The van der Waals surface area contributed by atoms with Crippen LogP contribution < -0.4 is 0 Å². The van der Waals surface area contributed by atoms with Crippen LogP contribution in [0.3, 0.4) is 0 Å². The van der Waals surface area contributed by atoms with Gasteiger partial charge in [0.25, 0.3) is 0 Å². The van der Waals surface area contributed by atoms with Gasteiger partial charge in [-0.05, 0) is 6.92 Å². The molecule has 0 aromatic rings. The monoisotopic (exact) mass is 354 g/mol. The third-order valence-corrected chi connectivity index (χ3v) is 2.94. The highest BCUT2D eigenvalue weighted by Crippen LogP contribution is 2.26. The quantitative estimate of drug-likeness (QED) is 0.358. The Balaban J connectivity index is 5.70. The maximum atomic E-state index is 11.7. The van der Waals surface area contributed by atoms with Crippen LogP contribution in [0.4, 0.5) is 0 Å². The second-order valence-corrected chi connectivity index (χ2v) is 4.23. The summed E-state index contributed by atoms with van der Waals surface area (Å²) in [5.74, 6) is -2.45. The standard InChI is InChI=1S/C11H15BrO8/c1-6(15)11(5-14,20-12)10(19-8(3)17)9(4-13)18-7(2)16/h5,9-10,13H,4H2,1-3H3/t9-,10-,11+/m1/s1. The first-order valence-corrected chi connectivity index (χ1v) is 6.12. The Labute approximate surface area is 123 Å². The van der Waals surface area contributed by atoms with Gasteiger partial charge in [-0.3, -0.25) is 23.0 Å². The fourth-order valence-corrected chi connectivity index (χ4v) is 1.98. The molecule has 0 aliphatic rings. The van der Waals surface area contributed by atoms with E-state index in [1.54, 1.807) is 0 Å². The van der Waals surface area contributed by atoms with Crippen LogP contribution in [0, 0.1) is 0 Å². The average Bonchev–Trinajstić information content (AvgIpc) is 2.35. The summed E-state index contributed by atoms with van der Waals surface area (Å²) in [7, 11) is 0. The van der Waals surface area contributed by atoms with Gasteiger partial charge in [-0.1, -0.05) is 0 Å². The molecule has 3 atom stereocenters. The van der Waals surface area contributed by atoms with Crippen LogP contribution >= 0.6 is 16.3 Å². The Hall–Kier alpha value is -1.32. The van der Waals surface area contributed by atoms with Gasteiger partial charge in [0.1, 0.15) is 16.3 Å². The number of aldehydes is 1. The van der Waals surface area contributed by atoms with E-state index in [4.69, 9.17) is 13.3 Å². The number of ether oxygens (including phenoxy) is 2. The number of hydrogen-bond donors (Lipinski definition) is 1. The smallest absolute Gasteiger partial charge is 0.303 e. The van der Waals surface area contributed by atoms with Crippen molar-refractivity contribution in [3.63, 3.8) is 0 Å². The summed E-state index contributed by atoms with van der Waals surface area (Å²) in [5.41, 5.74) is -2.24. The van der Waals surface area contributed by atoms with Crippen LogP contribution in [0.1, 0.15) is 20.8 Å².